The lowest BCUT2D eigenvalue weighted by molar-refractivity contribution is -0.131. The molecule has 1 saturated heterocycles. The third-order valence-electron chi connectivity index (χ3n) is 3.16. The quantitative estimate of drug-likeness (QED) is 0.870. The monoisotopic (exact) mass is 309 g/mol. The van der Waals surface area contributed by atoms with Crippen LogP contribution in [0.5, 0.6) is 0 Å². The highest BCUT2D eigenvalue weighted by Gasteiger charge is 2.20. The normalized spacial score (nSPS) is 19.7. The van der Waals surface area contributed by atoms with Gasteiger partial charge in [0, 0.05) is 29.3 Å². The average molecular weight is 310 g/mol. The Balaban J connectivity index is 2.31. The number of carboxylic acids is 1. The van der Waals surface area contributed by atoms with Gasteiger partial charge in [-0.25, -0.2) is 4.79 Å². The smallest absolute Gasteiger partial charge is 0.328 e. The van der Waals surface area contributed by atoms with Crippen molar-refractivity contribution in [1.82, 2.24) is 0 Å². The van der Waals surface area contributed by atoms with E-state index < -0.39 is 5.97 Å². The van der Waals surface area contributed by atoms with E-state index in [0.717, 1.165) is 28.8 Å². The van der Waals surface area contributed by atoms with Crippen LogP contribution in [0.2, 0.25) is 0 Å². The van der Waals surface area contributed by atoms with Gasteiger partial charge in [0.05, 0.1) is 0 Å². The minimum Gasteiger partial charge on any atom is -0.478 e. The molecular weight excluding hydrogens is 294 g/mol. The van der Waals surface area contributed by atoms with Gasteiger partial charge in [0.1, 0.15) is 0 Å². The van der Waals surface area contributed by atoms with Crippen molar-refractivity contribution >= 4 is 33.7 Å². The molecule has 0 aromatic heterocycles. The number of halogens is 1. The molecule has 1 aliphatic rings. The van der Waals surface area contributed by atoms with Crippen LogP contribution in [0.1, 0.15) is 18.9 Å². The summed E-state index contributed by atoms with van der Waals surface area (Å²) in [7, 11) is 0. The number of anilines is 1. The first kappa shape index (κ1) is 13.1. The summed E-state index contributed by atoms with van der Waals surface area (Å²) in [5.74, 6) is -0.223. The van der Waals surface area contributed by atoms with E-state index in [1.54, 1.807) is 6.08 Å². The molecule has 1 atom stereocenters. The summed E-state index contributed by atoms with van der Waals surface area (Å²) in [6.07, 6.45) is 4.04. The second-order valence-electron chi connectivity index (χ2n) is 4.71. The van der Waals surface area contributed by atoms with Crippen LogP contribution in [0.15, 0.2) is 28.7 Å². The van der Waals surface area contributed by atoms with E-state index >= 15 is 0 Å². The van der Waals surface area contributed by atoms with Crippen LogP contribution in [0, 0.1) is 5.92 Å². The average Bonchev–Trinajstić information content (AvgIpc) is 2.74. The van der Waals surface area contributed by atoms with Gasteiger partial charge < -0.3 is 10.0 Å². The van der Waals surface area contributed by atoms with Gasteiger partial charge in [0.2, 0.25) is 0 Å². The SMILES string of the molecule is CC1CCN(c2cc(Br)ccc2/C=C/C(=O)O)C1. The summed E-state index contributed by atoms with van der Waals surface area (Å²) in [5, 5.41) is 8.72. The largest absolute Gasteiger partial charge is 0.478 e. The molecule has 3 nitrogen and oxygen atoms in total. The van der Waals surface area contributed by atoms with Crippen LogP contribution in [-0.2, 0) is 4.79 Å². The van der Waals surface area contributed by atoms with Crippen LogP contribution in [0.3, 0.4) is 0 Å². The molecule has 1 aromatic carbocycles. The number of nitrogens with zero attached hydrogens (tertiary/aromatic N) is 1. The topological polar surface area (TPSA) is 40.5 Å². The molecule has 4 heteroatoms. The van der Waals surface area contributed by atoms with Crippen molar-refractivity contribution in [3.8, 4) is 0 Å². The lowest BCUT2D eigenvalue weighted by Crippen LogP contribution is -2.20. The first-order chi connectivity index (χ1) is 8.56. The predicted octanol–water partition coefficient (Wildman–Crippen LogP) is 3.39. The Hall–Kier alpha value is -1.29. The Morgan fingerprint density at radius 1 is 1.56 bits per heavy atom. The molecule has 0 aliphatic carbocycles. The minimum atomic E-state index is -0.918. The van der Waals surface area contributed by atoms with Gasteiger partial charge in [0.25, 0.3) is 0 Å². The van der Waals surface area contributed by atoms with Gasteiger partial charge in [-0.15, -0.1) is 0 Å². The van der Waals surface area contributed by atoms with E-state index in [1.807, 2.05) is 12.1 Å². The molecule has 0 amide bonds. The highest BCUT2D eigenvalue weighted by atomic mass is 79.9. The van der Waals surface area contributed by atoms with Crippen molar-refractivity contribution in [2.75, 3.05) is 18.0 Å². The zero-order valence-electron chi connectivity index (χ0n) is 10.3. The van der Waals surface area contributed by atoms with E-state index in [-0.39, 0.29) is 0 Å². The molecule has 1 aliphatic heterocycles. The highest BCUT2D eigenvalue weighted by molar-refractivity contribution is 9.10. The first-order valence-electron chi connectivity index (χ1n) is 6.02. The molecule has 1 heterocycles. The lowest BCUT2D eigenvalue weighted by Gasteiger charge is -2.21. The molecule has 18 heavy (non-hydrogen) atoms. The Bertz CT molecular complexity index is 485. The molecule has 0 saturated carbocycles. The van der Waals surface area contributed by atoms with Crippen molar-refractivity contribution in [3.05, 3.63) is 34.3 Å². The van der Waals surface area contributed by atoms with Crippen molar-refractivity contribution in [1.29, 1.82) is 0 Å². The number of rotatable bonds is 3. The van der Waals surface area contributed by atoms with E-state index in [2.05, 4.69) is 33.8 Å². The molecule has 1 aromatic rings. The molecule has 0 radical (unpaired) electrons. The molecule has 96 valence electrons. The lowest BCUT2D eigenvalue weighted by atomic mass is 10.1. The summed E-state index contributed by atoms with van der Waals surface area (Å²) in [6.45, 7) is 4.31. The fourth-order valence-electron chi connectivity index (χ4n) is 2.25. The van der Waals surface area contributed by atoms with Gasteiger partial charge in [-0.1, -0.05) is 28.9 Å². The summed E-state index contributed by atoms with van der Waals surface area (Å²) < 4.78 is 1.02. The van der Waals surface area contributed by atoms with Gasteiger partial charge in [-0.05, 0) is 36.1 Å². The van der Waals surface area contributed by atoms with Crippen molar-refractivity contribution in [3.63, 3.8) is 0 Å². The summed E-state index contributed by atoms with van der Waals surface area (Å²) in [5.41, 5.74) is 2.06. The highest BCUT2D eigenvalue weighted by Crippen LogP contribution is 2.30. The molecule has 1 N–H and O–H groups in total. The van der Waals surface area contributed by atoms with E-state index in [0.29, 0.717) is 5.92 Å². The number of carboxylic acid groups (broad SMARTS) is 1. The van der Waals surface area contributed by atoms with Crippen molar-refractivity contribution < 1.29 is 9.90 Å². The Morgan fingerprint density at radius 2 is 2.33 bits per heavy atom. The zero-order valence-corrected chi connectivity index (χ0v) is 11.9. The van der Waals surface area contributed by atoms with Crippen LogP contribution >= 0.6 is 15.9 Å². The standard InChI is InChI=1S/C14H16BrNO2/c1-10-6-7-16(9-10)13-8-12(15)4-2-11(13)3-5-14(17)18/h2-5,8,10H,6-7,9H2,1H3,(H,17,18)/b5-3+. The van der Waals surface area contributed by atoms with E-state index in [4.69, 9.17) is 5.11 Å². The van der Waals surface area contributed by atoms with Gasteiger partial charge in [-0.3, -0.25) is 0 Å². The minimum absolute atomic E-state index is 0.695. The Morgan fingerprint density at radius 3 is 2.94 bits per heavy atom. The predicted molar refractivity (Wildman–Crippen MR) is 76.8 cm³/mol. The van der Waals surface area contributed by atoms with Crippen molar-refractivity contribution in [2.24, 2.45) is 5.92 Å². The fraction of sp³-hybridized carbons (Fsp3) is 0.357. The maximum absolute atomic E-state index is 10.6. The molecule has 1 fully saturated rings. The molecular formula is C14H16BrNO2. The van der Waals surface area contributed by atoms with E-state index in [1.165, 1.54) is 12.5 Å². The van der Waals surface area contributed by atoms with Crippen LogP contribution in [0.4, 0.5) is 5.69 Å². The zero-order chi connectivity index (χ0) is 13.1. The Labute approximate surface area is 115 Å². The maximum atomic E-state index is 10.6. The number of hydrogen-bond donors (Lipinski definition) is 1. The van der Waals surface area contributed by atoms with Crippen LogP contribution < -0.4 is 4.90 Å². The summed E-state index contributed by atoms with van der Waals surface area (Å²) in [6, 6.07) is 5.94. The van der Waals surface area contributed by atoms with E-state index in [9.17, 15) is 4.79 Å². The maximum Gasteiger partial charge on any atom is 0.328 e. The second-order valence-corrected chi connectivity index (χ2v) is 5.63. The molecule has 0 bridgehead atoms. The third-order valence-corrected chi connectivity index (χ3v) is 3.66. The van der Waals surface area contributed by atoms with Crippen molar-refractivity contribution in [2.45, 2.75) is 13.3 Å². The number of hydrogen-bond acceptors (Lipinski definition) is 2. The van der Waals surface area contributed by atoms with Crippen LogP contribution in [-0.4, -0.2) is 24.2 Å². The first-order valence-corrected chi connectivity index (χ1v) is 6.81. The number of aliphatic carboxylic acids is 1. The van der Waals surface area contributed by atoms with Crippen LogP contribution in [0.25, 0.3) is 6.08 Å². The second kappa shape index (κ2) is 5.57. The van der Waals surface area contributed by atoms with Gasteiger partial charge in [-0.2, -0.15) is 0 Å². The fourth-order valence-corrected chi connectivity index (χ4v) is 2.60. The number of carbonyl (C=O) groups is 1. The Kier molecular flexibility index (Phi) is 4.07. The summed E-state index contributed by atoms with van der Waals surface area (Å²) in [4.78, 5) is 12.9. The molecule has 2 rings (SSSR count). The number of benzene rings is 1. The third kappa shape index (κ3) is 3.13. The van der Waals surface area contributed by atoms with Gasteiger partial charge in [0.15, 0.2) is 0 Å². The summed E-state index contributed by atoms with van der Waals surface area (Å²) >= 11 is 3.47. The van der Waals surface area contributed by atoms with Gasteiger partial charge >= 0.3 is 5.97 Å². The molecule has 0 spiro atoms. The molecule has 1 unspecified atom stereocenters.